The number of hydrogen-bond donors (Lipinski definition) is 0. The second kappa shape index (κ2) is 8.81. The van der Waals surface area contributed by atoms with Crippen molar-refractivity contribution in [1.82, 2.24) is 0 Å². The topological polar surface area (TPSA) is 44.8 Å². The molecule has 2 rings (SSSR count). The maximum absolute atomic E-state index is 12.8. The van der Waals surface area contributed by atoms with Gasteiger partial charge in [0.05, 0.1) is 13.7 Å². The summed E-state index contributed by atoms with van der Waals surface area (Å²) in [6.07, 6.45) is 0. The maximum Gasteiger partial charge on any atom is 0.186 e. The molecule has 128 valence electrons. The first-order chi connectivity index (χ1) is 11.6. The van der Waals surface area contributed by atoms with E-state index in [1.165, 1.54) is 0 Å². The number of rotatable bonds is 8. The van der Waals surface area contributed by atoms with Gasteiger partial charge in [0.25, 0.3) is 0 Å². The van der Waals surface area contributed by atoms with E-state index in [1.807, 2.05) is 50.2 Å². The predicted molar refractivity (Wildman–Crippen MR) is 98.6 cm³/mol. The first-order valence-electron chi connectivity index (χ1n) is 7.74. The van der Waals surface area contributed by atoms with Crippen LogP contribution < -0.4 is 14.8 Å². The van der Waals surface area contributed by atoms with Crippen molar-refractivity contribution in [3.05, 3.63) is 53.1 Å². The zero-order chi connectivity index (χ0) is 17.5. The van der Waals surface area contributed by atoms with E-state index in [1.54, 1.807) is 14.2 Å². The Balaban J connectivity index is 2.21. The van der Waals surface area contributed by atoms with Crippen molar-refractivity contribution in [2.45, 2.75) is 13.8 Å². The Morgan fingerprint density at radius 1 is 1.04 bits per heavy atom. The molecule has 0 bridgehead atoms. The zero-order valence-electron chi connectivity index (χ0n) is 14.5. The fourth-order valence-corrected chi connectivity index (χ4v) is 3.74. The molecule has 4 nitrogen and oxygen atoms in total. The quantitative estimate of drug-likeness (QED) is 0.542. The lowest BCUT2D eigenvalue weighted by molar-refractivity contribution is 0.108. The molecule has 5 heteroatoms. The smallest absolute Gasteiger partial charge is 0.186 e. The summed E-state index contributed by atoms with van der Waals surface area (Å²) < 4.78 is 16.0. The molecule has 0 amide bonds. The summed E-state index contributed by atoms with van der Waals surface area (Å²) in [5, 5.41) is 0.910. The summed E-state index contributed by atoms with van der Waals surface area (Å²) >= 11 is 0. The van der Waals surface area contributed by atoms with Crippen molar-refractivity contribution < 1.29 is 19.0 Å². The highest BCUT2D eigenvalue weighted by atomic mass is 31.1. The second-order valence-electron chi connectivity index (χ2n) is 5.43. The first kappa shape index (κ1) is 18.4. The Morgan fingerprint density at radius 2 is 1.71 bits per heavy atom. The normalized spacial score (nSPS) is 11.0. The molecule has 0 saturated carbocycles. The highest BCUT2D eigenvalue weighted by Gasteiger charge is 2.16. The molecule has 0 spiro atoms. The molecule has 0 saturated heterocycles. The van der Waals surface area contributed by atoms with Crippen LogP contribution >= 0.6 is 8.58 Å². The van der Waals surface area contributed by atoms with E-state index >= 15 is 0 Å². The van der Waals surface area contributed by atoms with Crippen LogP contribution in [0.5, 0.6) is 11.5 Å². The molecule has 0 radical (unpaired) electrons. The van der Waals surface area contributed by atoms with Crippen LogP contribution in [0.1, 0.15) is 21.5 Å². The van der Waals surface area contributed by atoms with E-state index in [-0.39, 0.29) is 14.1 Å². The van der Waals surface area contributed by atoms with E-state index in [4.69, 9.17) is 14.2 Å². The average molecular weight is 346 g/mol. The van der Waals surface area contributed by atoms with E-state index in [0.717, 1.165) is 33.5 Å². The molecule has 0 aromatic heterocycles. The van der Waals surface area contributed by atoms with Gasteiger partial charge >= 0.3 is 0 Å². The fraction of sp³-hybridized carbons (Fsp3) is 0.316. The fourth-order valence-electron chi connectivity index (χ4n) is 2.52. The maximum atomic E-state index is 12.8. The van der Waals surface area contributed by atoms with Crippen molar-refractivity contribution in [3.63, 3.8) is 0 Å². The lowest BCUT2D eigenvalue weighted by Crippen LogP contribution is -2.11. The Labute approximate surface area is 144 Å². The summed E-state index contributed by atoms with van der Waals surface area (Å²) in [7, 11) is 3.28. The Kier molecular flexibility index (Phi) is 6.77. The number of benzene rings is 2. The Bertz CT molecular complexity index is 689. The predicted octanol–water partition coefficient (Wildman–Crippen LogP) is 3.48. The molecule has 0 aliphatic rings. The summed E-state index contributed by atoms with van der Waals surface area (Å²) in [4.78, 5) is 12.8. The van der Waals surface area contributed by atoms with Gasteiger partial charge in [-0.1, -0.05) is 18.2 Å². The summed E-state index contributed by atoms with van der Waals surface area (Å²) in [6.45, 7) is 4.86. The van der Waals surface area contributed by atoms with Crippen LogP contribution in [0.3, 0.4) is 0 Å². The lowest BCUT2D eigenvalue weighted by Gasteiger charge is -2.13. The minimum Gasteiger partial charge on any atom is -0.497 e. The van der Waals surface area contributed by atoms with Gasteiger partial charge in [0, 0.05) is 18.0 Å². The Morgan fingerprint density at radius 3 is 2.33 bits per heavy atom. The van der Waals surface area contributed by atoms with Gasteiger partial charge in [-0.25, -0.2) is 0 Å². The van der Waals surface area contributed by atoms with E-state index in [9.17, 15) is 4.79 Å². The van der Waals surface area contributed by atoms with E-state index in [0.29, 0.717) is 13.2 Å². The number of para-hydroxylation sites is 1. The number of ether oxygens (including phenoxy) is 3. The van der Waals surface area contributed by atoms with Crippen molar-refractivity contribution >= 4 is 19.4 Å². The SMILES string of the molecule is COCCOc1ccccc1PC(=O)c1c(C)cc(OC)cc1C. The molecule has 2 aromatic rings. The minimum atomic E-state index is 0.0111. The summed E-state index contributed by atoms with van der Waals surface area (Å²) in [5.41, 5.74) is 2.74. The zero-order valence-corrected chi connectivity index (χ0v) is 15.5. The molecule has 2 aromatic carbocycles. The molecule has 0 aliphatic carbocycles. The standard InChI is InChI=1S/C19H23O4P/c1-13-11-15(22-4)12-14(2)18(13)19(20)24-17-8-6-5-7-16(17)23-10-9-21-3/h5-8,11-12,24H,9-10H2,1-4H3. The van der Waals surface area contributed by atoms with Gasteiger partial charge in [-0.2, -0.15) is 0 Å². The number of hydrogen-bond acceptors (Lipinski definition) is 4. The van der Waals surface area contributed by atoms with Crippen LogP contribution in [0.15, 0.2) is 36.4 Å². The van der Waals surface area contributed by atoms with Gasteiger partial charge in [-0.05, 0) is 51.8 Å². The van der Waals surface area contributed by atoms with Gasteiger partial charge in [0.1, 0.15) is 18.1 Å². The monoisotopic (exact) mass is 346 g/mol. The third-order valence-electron chi connectivity index (χ3n) is 3.65. The largest absolute Gasteiger partial charge is 0.497 e. The van der Waals surface area contributed by atoms with Crippen LogP contribution in [0, 0.1) is 13.8 Å². The lowest BCUT2D eigenvalue weighted by atomic mass is 10.0. The first-order valence-corrected chi connectivity index (χ1v) is 8.74. The molecule has 24 heavy (non-hydrogen) atoms. The van der Waals surface area contributed by atoms with Gasteiger partial charge in [0.2, 0.25) is 0 Å². The van der Waals surface area contributed by atoms with E-state index in [2.05, 4.69) is 0 Å². The van der Waals surface area contributed by atoms with Crippen LogP contribution in [0.25, 0.3) is 0 Å². The molecule has 1 unspecified atom stereocenters. The van der Waals surface area contributed by atoms with Crippen LogP contribution in [0.4, 0.5) is 0 Å². The average Bonchev–Trinajstić information content (AvgIpc) is 2.55. The molecule has 0 heterocycles. The van der Waals surface area contributed by atoms with Crippen LogP contribution in [0.2, 0.25) is 0 Å². The highest BCUT2D eigenvalue weighted by Crippen LogP contribution is 2.29. The Hall–Kier alpha value is -1.90. The van der Waals surface area contributed by atoms with Crippen molar-refractivity contribution in [2.24, 2.45) is 0 Å². The number of carbonyl (C=O) groups excluding carboxylic acids is 1. The second-order valence-corrected chi connectivity index (χ2v) is 6.67. The highest BCUT2D eigenvalue weighted by molar-refractivity contribution is 7.66. The molecule has 0 aliphatic heterocycles. The van der Waals surface area contributed by atoms with E-state index < -0.39 is 0 Å². The molecular weight excluding hydrogens is 323 g/mol. The van der Waals surface area contributed by atoms with Gasteiger partial charge in [-0.15, -0.1) is 0 Å². The van der Waals surface area contributed by atoms with Crippen molar-refractivity contribution in [2.75, 3.05) is 27.4 Å². The van der Waals surface area contributed by atoms with Crippen molar-refractivity contribution in [3.8, 4) is 11.5 Å². The van der Waals surface area contributed by atoms with Crippen LogP contribution in [-0.2, 0) is 4.74 Å². The van der Waals surface area contributed by atoms with Gasteiger partial charge < -0.3 is 14.2 Å². The van der Waals surface area contributed by atoms with Gasteiger partial charge in [-0.3, -0.25) is 4.79 Å². The van der Waals surface area contributed by atoms with Crippen LogP contribution in [-0.4, -0.2) is 33.0 Å². The molecule has 1 atom stereocenters. The van der Waals surface area contributed by atoms with Crippen molar-refractivity contribution in [1.29, 1.82) is 0 Å². The molecule has 0 N–H and O–H groups in total. The number of carbonyl (C=O) groups is 1. The minimum absolute atomic E-state index is 0.0111. The van der Waals surface area contributed by atoms with Gasteiger partial charge in [0.15, 0.2) is 5.52 Å². The third-order valence-corrected chi connectivity index (χ3v) is 4.81. The summed E-state index contributed by atoms with van der Waals surface area (Å²) in [6, 6.07) is 11.4. The summed E-state index contributed by atoms with van der Waals surface area (Å²) in [5.74, 6) is 1.51. The number of aryl methyl sites for hydroxylation is 2. The molecule has 0 fully saturated rings. The number of methoxy groups -OCH3 is 2. The molecular formula is C19H23O4P. The third kappa shape index (κ3) is 4.56.